The van der Waals surface area contributed by atoms with Gasteiger partial charge in [0.15, 0.2) is 11.5 Å². The number of fused-ring (bicyclic) bond motifs is 1. The number of nitrogens with zero attached hydrogens (tertiary/aromatic N) is 1. The monoisotopic (exact) mass is 354 g/mol. The molecule has 1 aliphatic carbocycles. The summed E-state index contributed by atoms with van der Waals surface area (Å²) in [6.45, 7) is 1.70. The highest BCUT2D eigenvalue weighted by molar-refractivity contribution is 7.90. The molecule has 8 heteroatoms. The highest BCUT2D eigenvalue weighted by Gasteiger charge is 2.43. The van der Waals surface area contributed by atoms with Gasteiger partial charge in [-0.05, 0) is 36.5 Å². The Hall–Kier alpha value is -1.35. The second-order valence-electron chi connectivity index (χ2n) is 6.57. The fourth-order valence-electron chi connectivity index (χ4n) is 3.19. The van der Waals surface area contributed by atoms with E-state index in [-0.39, 0.29) is 12.6 Å². The van der Waals surface area contributed by atoms with Gasteiger partial charge < -0.3 is 9.47 Å². The Kier molecular flexibility index (Phi) is 4.16. The van der Waals surface area contributed by atoms with E-state index in [1.54, 1.807) is 12.1 Å². The molecule has 3 aliphatic rings. The average molecular weight is 354 g/mol. The van der Waals surface area contributed by atoms with Gasteiger partial charge in [-0.3, -0.25) is 4.84 Å². The second-order valence-corrected chi connectivity index (χ2v) is 8.55. The Morgan fingerprint density at radius 2 is 1.96 bits per heavy atom. The molecule has 2 aliphatic heterocycles. The standard InChI is InChI=1S/C16H22N2O5S/c1-18-16(12-4-5-13-14(8-12)22-7-6-21-13)15(10-23-18)24(19,20)17-9-11-2-3-11/h4-5,8,11,15-17H,2-3,6-7,9-10H2,1H3. The summed E-state index contributed by atoms with van der Waals surface area (Å²) in [5, 5.41) is 0.968. The van der Waals surface area contributed by atoms with Gasteiger partial charge in [-0.1, -0.05) is 6.07 Å². The number of nitrogens with one attached hydrogen (secondary N) is 1. The molecule has 2 unspecified atom stereocenters. The van der Waals surface area contributed by atoms with E-state index in [0.717, 1.165) is 18.4 Å². The minimum absolute atomic E-state index is 0.148. The lowest BCUT2D eigenvalue weighted by atomic mass is 10.0. The highest BCUT2D eigenvalue weighted by atomic mass is 32.2. The van der Waals surface area contributed by atoms with Gasteiger partial charge in [0.1, 0.15) is 18.5 Å². The van der Waals surface area contributed by atoms with Crippen LogP contribution in [0.25, 0.3) is 0 Å². The molecular weight excluding hydrogens is 332 g/mol. The molecule has 1 saturated carbocycles. The topological polar surface area (TPSA) is 77.1 Å². The average Bonchev–Trinajstić information content (AvgIpc) is 3.33. The molecule has 1 aromatic carbocycles. The van der Waals surface area contributed by atoms with Crippen LogP contribution in [0.1, 0.15) is 24.4 Å². The summed E-state index contributed by atoms with van der Waals surface area (Å²) in [5.41, 5.74) is 0.848. The predicted molar refractivity (Wildman–Crippen MR) is 87.3 cm³/mol. The third kappa shape index (κ3) is 3.11. The zero-order valence-corrected chi connectivity index (χ0v) is 14.4. The number of rotatable bonds is 5. The van der Waals surface area contributed by atoms with E-state index < -0.39 is 15.3 Å². The van der Waals surface area contributed by atoms with Crippen LogP contribution >= 0.6 is 0 Å². The van der Waals surface area contributed by atoms with E-state index in [0.29, 0.717) is 37.2 Å². The second kappa shape index (κ2) is 6.18. The van der Waals surface area contributed by atoms with Crippen molar-refractivity contribution in [2.45, 2.75) is 24.1 Å². The Morgan fingerprint density at radius 1 is 1.21 bits per heavy atom. The van der Waals surface area contributed by atoms with Crippen molar-refractivity contribution in [1.29, 1.82) is 0 Å². The zero-order chi connectivity index (χ0) is 16.7. The van der Waals surface area contributed by atoms with Crippen LogP contribution < -0.4 is 14.2 Å². The lowest BCUT2D eigenvalue weighted by Gasteiger charge is -2.25. The van der Waals surface area contributed by atoms with Crippen LogP contribution in [-0.2, 0) is 14.9 Å². The van der Waals surface area contributed by atoms with Crippen molar-refractivity contribution in [1.82, 2.24) is 9.79 Å². The van der Waals surface area contributed by atoms with Gasteiger partial charge in [-0.2, -0.15) is 5.06 Å². The Labute approximate surface area is 141 Å². The third-order valence-corrected chi connectivity index (χ3v) is 6.52. The zero-order valence-electron chi connectivity index (χ0n) is 13.6. The molecule has 0 bridgehead atoms. The van der Waals surface area contributed by atoms with Crippen molar-refractivity contribution in [3.8, 4) is 11.5 Å². The molecule has 24 heavy (non-hydrogen) atoms. The number of hydrogen-bond donors (Lipinski definition) is 1. The summed E-state index contributed by atoms with van der Waals surface area (Å²) in [5.74, 6) is 1.84. The molecule has 0 spiro atoms. The minimum atomic E-state index is -3.46. The molecular formula is C16H22N2O5S. The molecule has 0 amide bonds. The molecule has 1 N–H and O–H groups in total. The first-order valence-electron chi connectivity index (χ1n) is 8.28. The van der Waals surface area contributed by atoms with Crippen molar-refractivity contribution in [3.63, 3.8) is 0 Å². The Bertz CT molecular complexity index is 719. The summed E-state index contributed by atoms with van der Waals surface area (Å²) in [6, 6.07) is 5.19. The molecule has 4 rings (SSSR count). The number of hydrogen-bond acceptors (Lipinski definition) is 6. The van der Waals surface area contributed by atoms with Crippen LogP contribution in [-0.4, -0.2) is 52.1 Å². The van der Waals surface area contributed by atoms with Crippen molar-refractivity contribution in [2.24, 2.45) is 5.92 Å². The molecule has 0 aromatic heterocycles. The molecule has 7 nitrogen and oxygen atoms in total. The van der Waals surface area contributed by atoms with E-state index in [2.05, 4.69) is 4.72 Å². The van der Waals surface area contributed by atoms with E-state index in [1.807, 2.05) is 18.2 Å². The van der Waals surface area contributed by atoms with Gasteiger partial charge >= 0.3 is 0 Å². The van der Waals surface area contributed by atoms with Crippen LogP contribution in [0.4, 0.5) is 0 Å². The summed E-state index contributed by atoms with van der Waals surface area (Å²) in [7, 11) is -1.69. The van der Waals surface area contributed by atoms with E-state index in [4.69, 9.17) is 14.3 Å². The summed E-state index contributed by atoms with van der Waals surface area (Å²) in [4.78, 5) is 5.53. The smallest absolute Gasteiger partial charge is 0.218 e. The number of hydroxylamine groups is 2. The fourth-order valence-corrected chi connectivity index (χ4v) is 4.78. The summed E-state index contributed by atoms with van der Waals surface area (Å²) >= 11 is 0. The molecule has 1 saturated heterocycles. The largest absolute Gasteiger partial charge is 0.486 e. The van der Waals surface area contributed by atoms with Crippen molar-refractivity contribution in [3.05, 3.63) is 23.8 Å². The normalized spacial score (nSPS) is 27.4. The molecule has 0 radical (unpaired) electrons. The first-order valence-corrected chi connectivity index (χ1v) is 9.83. The fraction of sp³-hybridized carbons (Fsp3) is 0.625. The first kappa shape index (κ1) is 16.1. The highest BCUT2D eigenvalue weighted by Crippen LogP contribution is 2.39. The summed E-state index contributed by atoms with van der Waals surface area (Å²) < 4.78 is 39.3. The van der Waals surface area contributed by atoms with Gasteiger partial charge in [0.05, 0.1) is 12.6 Å². The van der Waals surface area contributed by atoms with Gasteiger partial charge in [0, 0.05) is 13.6 Å². The van der Waals surface area contributed by atoms with Crippen LogP contribution in [0.3, 0.4) is 0 Å². The number of sulfonamides is 1. The Morgan fingerprint density at radius 3 is 2.71 bits per heavy atom. The third-order valence-electron chi connectivity index (χ3n) is 4.76. The Balaban J connectivity index is 1.59. The molecule has 132 valence electrons. The molecule has 2 fully saturated rings. The lowest BCUT2D eigenvalue weighted by molar-refractivity contribution is -0.110. The minimum Gasteiger partial charge on any atom is -0.486 e. The maximum atomic E-state index is 12.7. The predicted octanol–water partition coefficient (Wildman–Crippen LogP) is 1.07. The van der Waals surface area contributed by atoms with Crippen LogP contribution in [0.15, 0.2) is 18.2 Å². The van der Waals surface area contributed by atoms with Crippen molar-refractivity contribution < 1.29 is 22.7 Å². The van der Waals surface area contributed by atoms with Crippen molar-refractivity contribution in [2.75, 3.05) is 33.4 Å². The van der Waals surface area contributed by atoms with Crippen LogP contribution in [0, 0.1) is 5.92 Å². The lowest BCUT2D eigenvalue weighted by Crippen LogP contribution is -2.40. The van der Waals surface area contributed by atoms with E-state index in [1.165, 1.54) is 0 Å². The maximum Gasteiger partial charge on any atom is 0.218 e. The van der Waals surface area contributed by atoms with Gasteiger partial charge in [0.2, 0.25) is 10.0 Å². The van der Waals surface area contributed by atoms with E-state index >= 15 is 0 Å². The molecule has 2 heterocycles. The van der Waals surface area contributed by atoms with Crippen molar-refractivity contribution >= 4 is 10.0 Å². The SMILES string of the molecule is CN1OCC(S(=O)(=O)NCC2CC2)C1c1ccc2c(c1)OCCO2. The van der Waals surface area contributed by atoms with Gasteiger partial charge in [0.25, 0.3) is 0 Å². The summed E-state index contributed by atoms with van der Waals surface area (Å²) in [6.07, 6.45) is 2.21. The quantitative estimate of drug-likeness (QED) is 0.852. The van der Waals surface area contributed by atoms with Gasteiger partial charge in [-0.25, -0.2) is 13.1 Å². The number of benzene rings is 1. The number of ether oxygens (including phenoxy) is 2. The first-order chi connectivity index (χ1) is 11.5. The molecule has 1 aromatic rings. The molecule has 2 atom stereocenters. The van der Waals surface area contributed by atoms with Crippen LogP contribution in [0.5, 0.6) is 11.5 Å². The maximum absolute atomic E-state index is 12.7. The van der Waals surface area contributed by atoms with Crippen LogP contribution in [0.2, 0.25) is 0 Å². The van der Waals surface area contributed by atoms with E-state index in [9.17, 15) is 8.42 Å². The van der Waals surface area contributed by atoms with Gasteiger partial charge in [-0.15, -0.1) is 0 Å².